The van der Waals surface area contributed by atoms with Gasteiger partial charge in [-0.25, -0.2) is 4.39 Å². The highest BCUT2D eigenvalue weighted by Crippen LogP contribution is 2.27. The fraction of sp³-hybridized carbons (Fsp3) is 0.167. The fourth-order valence-corrected chi connectivity index (χ4v) is 2.80. The third kappa shape index (κ3) is 3.95. The third-order valence-corrected chi connectivity index (χ3v) is 4.08. The monoisotopic (exact) mass is 391 g/mol. The Balaban J connectivity index is 1.50. The van der Waals surface area contributed by atoms with Gasteiger partial charge in [-0.3, -0.25) is 0 Å². The molecule has 0 aliphatic heterocycles. The fourth-order valence-electron chi connectivity index (χ4n) is 2.80. The van der Waals surface area contributed by atoms with Crippen LogP contribution < -0.4 is 5.32 Å². The number of rotatable bonds is 5. The summed E-state index contributed by atoms with van der Waals surface area (Å²) in [6.45, 7) is 0.325. The Labute approximate surface area is 155 Å². The minimum Gasteiger partial charge on any atom is -0.453 e. The maximum Gasteiger partial charge on any atom is 0.393 e. The first-order valence-electron chi connectivity index (χ1n) is 8.23. The third-order valence-electron chi connectivity index (χ3n) is 4.08. The molecule has 0 spiro atoms. The molecule has 2 heterocycles. The van der Waals surface area contributed by atoms with Gasteiger partial charge in [-0.05, 0) is 46.7 Å². The molecule has 0 bridgehead atoms. The molecule has 0 amide bonds. The average Bonchev–Trinajstić information content (AvgIpc) is 3.30. The Bertz CT molecular complexity index is 1110. The molecule has 0 saturated carbocycles. The summed E-state index contributed by atoms with van der Waals surface area (Å²) in [5.74, 6) is -0.0857. The van der Waals surface area contributed by atoms with E-state index in [1.807, 2.05) is 12.1 Å². The van der Waals surface area contributed by atoms with Crippen LogP contribution in [0.15, 0.2) is 46.9 Å². The van der Waals surface area contributed by atoms with Crippen LogP contribution in [0, 0.1) is 5.82 Å². The van der Waals surface area contributed by atoms with Crippen molar-refractivity contribution in [2.24, 2.45) is 0 Å². The largest absolute Gasteiger partial charge is 0.453 e. The number of fused-ring (bicyclic) bond motifs is 1. The van der Waals surface area contributed by atoms with E-state index in [0.717, 1.165) is 17.0 Å². The van der Waals surface area contributed by atoms with E-state index in [2.05, 4.69) is 25.9 Å². The number of tetrazole rings is 1. The first kappa shape index (κ1) is 18.0. The molecule has 0 aliphatic carbocycles. The van der Waals surface area contributed by atoms with Crippen LogP contribution >= 0.6 is 0 Å². The van der Waals surface area contributed by atoms with Crippen molar-refractivity contribution < 1.29 is 22.0 Å². The molecular formula is C18H13F4N5O. The van der Waals surface area contributed by atoms with Gasteiger partial charge < -0.3 is 9.73 Å². The highest BCUT2D eigenvalue weighted by atomic mass is 19.4. The van der Waals surface area contributed by atoms with Gasteiger partial charge in [0.1, 0.15) is 11.4 Å². The second-order valence-electron chi connectivity index (χ2n) is 6.17. The van der Waals surface area contributed by atoms with Crippen LogP contribution in [0.5, 0.6) is 0 Å². The number of furan rings is 1. The van der Waals surface area contributed by atoms with Crippen molar-refractivity contribution in [3.63, 3.8) is 0 Å². The van der Waals surface area contributed by atoms with Crippen LogP contribution in [-0.4, -0.2) is 26.8 Å². The number of benzene rings is 2. The lowest BCUT2D eigenvalue weighted by molar-refractivity contribution is -0.127. The van der Waals surface area contributed by atoms with Crippen LogP contribution in [0.3, 0.4) is 0 Å². The molecule has 10 heteroatoms. The molecule has 0 aliphatic rings. The molecule has 144 valence electrons. The highest BCUT2D eigenvalue weighted by molar-refractivity contribution is 5.82. The lowest BCUT2D eigenvalue weighted by Crippen LogP contribution is -2.13. The van der Waals surface area contributed by atoms with Crippen LogP contribution in [0.25, 0.3) is 22.6 Å². The minimum atomic E-state index is -4.47. The van der Waals surface area contributed by atoms with Gasteiger partial charge in [0.25, 0.3) is 0 Å². The van der Waals surface area contributed by atoms with Crippen LogP contribution in [-0.2, 0) is 13.0 Å². The molecule has 0 saturated heterocycles. The summed E-state index contributed by atoms with van der Waals surface area (Å²) >= 11 is 0. The molecule has 0 fully saturated rings. The van der Waals surface area contributed by atoms with Crippen molar-refractivity contribution in [3.8, 4) is 11.6 Å². The van der Waals surface area contributed by atoms with Gasteiger partial charge in [0.2, 0.25) is 5.82 Å². The van der Waals surface area contributed by atoms with E-state index in [1.165, 1.54) is 12.1 Å². The molecule has 4 rings (SSSR count). The van der Waals surface area contributed by atoms with Gasteiger partial charge in [0.05, 0.1) is 6.42 Å². The summed E-state index contributed by atoms with van der Waals surface area (Å²) in [5.41, 5.74) is 1.44. The van der Waals surface area contributed by atoms with Crippen molar-refractivity contribution in [2.45, 2.75) is 19.1 Å². The van der Waals surface area contributed by atoms with Crippen molar-refractivity contribution in [2.75, 3.05) is 5.32 Å². The van der Waals surface area contributed by atoms with Gasteiger partial charge >= 0.3 is 6.18 Å². The number of anilines is 1. The van der Waals surface area contributed by atoms with Crippen molar-refractivity contribution in [1.29, 1.82) is 0 Å². The zero-order valence-corrected chi connectivity index (χ0v) is 14.2. The number of nitrogens with zero attached hydrogens (tertiary/aromatic N) is 3. The van der Waals surface area contributed by atoms with Gasteiger partial charge in [0, 0.05) is 17.6 Å². The smallest absolute Gasteiger partial charge is 0.393 e. The van der Waals surface area contributed by atoms with Crippen molar-refractivity contribution >= 4 is 16.7 Å². The van der Waals surface area contributed by atoms with Crippen molar-refractivity contribution in [1.82, 2.24) is 20.6 Å². The quantitative estimate of drug-likeness (QED) is 0.491. The van der Waals surface area contributed by atoms with E-state index < -0.39 is 24.0 Å². The number of alkyl halides is 3. The second kappa shape index (κ2) is 6.95. The number of H-pyrrole nitrogens is 1. The Morgan fingerprint density at radius 1 is 1.07 bits per heavy atom. The Hall–Kier alpha value is -3.43. The maximum atomic E-state index is 13.6. The predicted octanol–water partition coefficient (Wildman–Crippen LogP) is 4.47. The average molecular weight is 391 g/mol. The van der Waals surface area contributed by atoms with Crippen LogP contribution in [0.1, 0.15) is 11.1 Å². The van der Waals surface area contributed by atoms with Crippen LogP contribution in [0.2, 0.25) is 0 Å². The van der Waals surface area contributed by atoms with Gasteiger partial charge in [-0.2, -0.15) is 18.4 Å². The first-order chi connectivity index (χ1) is 13.4. The van der Waals surface area contributed by atoms with E-state index in [9.17, 15) is 17.6 Å². The topological polar surface area (TPSA) is 79.6 Å². The molecule has 0 unspecified atom stereocenters. The summed E-state index contributed by atoms with van der Waals surface area (Å²) in [7, 11) is 0. The molecule has 0 atom stereocenters. The van der Waals surface area contributed by atoms with Gasteiger partial charge in [0.15, 0.2) is 5.76 Å². The number of aromatic nitrogens is 4. The number of hydrogen-bond donors (Lipinski definition) is 2. The number of hydrogen-bond acceptors (Lipinski definition) is 5. The first-order valence-corrected chi connectivity index (χ1v) is 8.23. The summed E-state index contributed by atoms with van der Waals surface area (Å²) in [6.07, 6.45) is -5.79. The van der Waals surface area contributed by atoms with Gasteiger partial charge in [-0.15, -0.1) is 10.2 Å². The molecule has 6 nitrogen and oxygen atoms in total. The van der Waals surface area contributed by atoms with E-state index >= 15 is 0 Å². The molecule has 2 aromatic heterocycles. The van der Waals surface area contributed by atoms with Crippen molar-refractivity contribution in [3.05, 3.63) is 59.4 Å². The summed E-state index contributed by atoms with van der Waals surface area (Å²) in [5, 5.41) is 17.4. The maximum absolute atomic E-state index is 13.6. The number of aromatic amines is 1. The summed E-state index contributed by atoms with van der Waals surface area (Å²) in [6, 6.07) is 10.9. The number of nitrogens with one attached hydrogen (secondary N) is 2. The standard InChI is InChI=1S/C18H13F4N5O/c19-14-4-3-13(6-12(14)8-18(20,21)22)23-9-10-1-2-11-7-16(28-15(11)5-10)17-24-26-27-25-17/h1-7,23H,8-9H2,(H,24,25,26,27). The zero-order chi connectivity index (χ0) is 19.7. The Kier molecular flexibility index (Phi) is 4.46. The van der Waals surface area contributed by atoms with E-state index in [-0.39, 0.29) is 0 Å². The lowest BCUT2D eigenvalue weighted by Gasteiger charge is -2.11. The second-order valence-corrected chi connectivity index (χ2v) is 6.17. The molecule has 2 N–H and O–H groups in total. The molecule has 2 aromatic carbocycles. The van der Waals surface area contributed by atoms with Crippen LogP contribution in [0.4, 0.5) is 23.2 Å². The molecule has 4 aromatic rings. The van der Waals surface area contributed by atoms with E-state index in [0.29, 0.717) is 29.4 Å². The zero-order valence-electron chi connectivity index (χ0n) is 14.2. The Morgan fingerprint density at radius 3 is 2.68 bits per heavy atom. The summed E-state index contributed by atoms with van der Waals surface area (Å²) in [4.78, 5) is 0. The SMILES string of the molecule is Fc1ccc(NCc2ccc3cc(-c4nn[nH]n4)oc3c2)cc1CC(F)(F)F. The normalized spacial score (nSPS) is 11.9. The summed E-state index contributed by atoms with van der Waals surface area (Å²) < 4.78 is 56.9. The number of halogens is 4. The minimum absolute atomic E-state index is 0.325. The Morgan fingerprint density at radius 2 is 1.93 bits per heavy atom. The molecule has 28 heavy (non-hydrogen) atoms. The molecular weight excluding hydrogens is 378 g/mol. The van der Waals surface area contributed by atoms with Gasteiger partial charge in [-0.1, -0.05) is 12.1 Å². The van der Waals surface area contributed by atoms with E-state index in [1.54, 1.807) is 12.1 Å². The molecule has 0 radical (unpaired) electrons. The van der Waals surface area contributed by atoms with E-state index in [4.69, 9.17) is 4.42 Å². The lowest BCUT2D eigenvalue weighted by atomic mass is 10.1. The predicted molar refractivity (Wildman–Crippen MR) is 92.9 cm³/mol. The highest BCUT2D eigenvalue weighted by Gasteiger charge is 2.29.